The Kier molecular flexibility index (Phi) is 4.38. The normalized spacial score (nSPS) is 22.0. The van der Waals surface area contributed by atoms with Crippen molar-refractivity contribution in [1.29, 1.82) is 0 Å². The second kappa shape index (κ2) is 6.83. The molecule has 150 valence electrons. The van der Waals surface area contributed by atoms with E-state index in [1.54, 1.807) is 19.1 Å². The van der Waals surface area contributed by atoms with Gasteiger partial charge >= 0.3 is 0 Å². The van der Waals surface area contributed by atoms with Gasteiger partial charge in [0.25, 0.3) is 0 Å². The number of hydrogen-bond donors (Lipinski definition) is 0. The highest BCUT2D eigenvalue weighted by Crippen LogP contribution is 2.50. The number of carbonyl (C=O) groups is 1. The predicted molar refractivity (Wildman–Crippen MR) is 111 cm³/mol. The highest BCUT2D eigenvalue weighted by molar-refractivity contribution is 9.10. The zero-order valence-corrected chi connectivity index (χ0v) is 17.7. The number of carbonyl (C=O) groups excluding carboxylic acids is 1. The number of hydrazone groups is 1. The minimum Gasteiger partial charge on any atom is -0.466 e. The van der Waals surface area contributed by atoms with Gasteiger partial charge in [-0.15, -0.1) is 0 Å². The first-order valence-corrected chi connectivity index (χ1v) is 10.6. The second-order valence-corrected chi connectivity index (χ2v) is 8.74. The molecule has 1 amide bonds. The molecule has 3 heterocycles. The van der Waals surface area contributed by atoms with Crippen LogP contribution in [0.4, 0.5) is 4.39 Å². The highest BCUT2D eigenvalue weighted by atomic mass is 79.9. The van der Waals surface area contributed by atoms with E-state index in [0.717, 1.165) is 21.5 Å². The van der Waals surface area contributed by atoms with Gasteiger partial charge in [-0.3, -0.25) is 4.79 Å². The van der Waals surface area contributed by atoms with Gasteiger partial charge in [-0.05, 0) is 24.3 Å². The van der Waals surface area contributed by atoms with Crippen LogP contribution in [0.2, 0.25) is 0 Å². The molecule has 1 atom stereocenters. The van der Waals surface area contributed by atoms with Crippen molar-refractivity contribution in [2.75, 3.05) is 13.1 Å². The van der Waals surface area contributed by atoms with E-state index in [9.17, 15) is 9.18 Å². The van der Waals surface area contributed by atoms with E-state index < -0.39 is 5.72 Å². The third-order valence-corrected chi connectivity index (χ3v) is 6.63. The fraction of sp³-hybridized carbons (Fsp3) is 0.364. The Labute approximate surface area is 177 Å². The van der Waals surface area contributed by atoms with Crippen molar-refractivity contribution in [3.05, 3.63) is 63.9 Å². The maximum atomic E-state index is 14.5. The van der Waals surface area contributed by atoms with Gasteiger partial charge in [-0.25, -0.2) is 9.40 Å². The largest absolute Gasteiger partial charge is 0.466 e. The zero-order chi connectivity index (χ0) is 20.2. The van der Waals surface area contributed by atoms with E-state index in [1.165, 1.54) is 6.07 Å². The van der Waals surface area contributed by atoms with Crippen LogP contribution in [0.15, 0.2) is 52.0 Å². The Morgan fingerprint density at radius 2 is 2.00 bits per heavy atom. The zero-order valence-electron chi connectivity index (χ0n) is 16.1. The lowest BCUT2D eigenvalue weighted by molar-refractivity contribution is -0.158. The number of piperidine rings is 1. The maximum Gasteiger partial charge on any atom is 0.219 e. The average Bonchev–Trinajstić information content (AvgIpc) is 3.16. The van der Waals surface area contributed by atoms with Crippen LogP contribution in [0.25, 0.3) is 0 Å². The molecule has 3 aliphatic heterocycles. The minimum atomic E-state index is -0.621. The first-order chi connectivity index (χ1) is 14.0. The Balaban J connectivity index is 1.57. The lowest BCUT2D eigenvalue weighted by Crippen LogP contribution is -2.59. The second-order valence-electron chi connectivity index (χ2n) is 7.83. The number of likely N-dealkylation sites (tertiary alicyclic amines) is 1. The number of amides is 1. The van der Waals surface area contributed by atoms with Crippen LogP contribution < -0.4 is 4.74 Å². The van der Waals surface area contributed by atoms with Gasteiger partial charge in [0.1, 0.15) is 11.6 Å². The Morgan fingerprint density at radius 1 is 1.24 bits per heavy atom. The molecular weight excluding hydrogens is 437 g/mol. The van der Waals surface area contributed by atoms with Crippen molar-refractivity contribution in [3.8, 4) is 5.75 Å². The van der Waals surface area contributed by atoms with Crippen LogP contribution in [-0.2, 0) is 4.79 Å². The number of benzene rings is 2. The monoisotopic (exact) mass is 457 g/mol. The smallest absolute Gasteiger partial charge is 0.219 e. The van der Waals surface area contributed by atoms with E-state index in [-0.39, 0.29) is 17.8 Å². The van der Waals surface area contributed by atoms with Crippen molar-refractivity contribution in [3.63, 3.8) is 0 Å². The highest BCUT2D eigenvalue weighted by Gasteiger charge is 2.52. The number of halogens is 2. The Bertz CT molecular complexity index is 1020. The third kappa shape index (κ3) is 3.03. The molecule has 1 unspecified atom stereocenters. The predicted octanol–water partition coefficient (Wildman–Crippen LogP) is 4.47. The van der Waals surface area contributed by atoms with Crippen molar-refractivity contribution in [1.82, 2.24) is 9.91 Å². The van der Waals surface area contributed by atoms with Gasteiger partial charge in [-0.2, -0.15) is 5.10 Å². The van der Waals surface area contributed by atoms with E-state index in [2.05, 4.69) is 22.0 Å². The lowest BCUT2D eigenvalue weighted by Gasteiger charge is -2.51. The first kappa shape index (κ1) is 18.6. The molecular formula is C22H21BrFN3O2. The summed E-state index contributed by atoms with van der Waals surface area (Å²) in [6.07, 6.45) is 1.94. The molecule has 2 aromatic rings. The van der Waals surface area contributed by atoms with E-state index >= 15 is 0 Å². The topological polar surface area (TPSA) is 45.1 Å². The van der Waals surface area contributed by atoms with Gasteiger partial charge in [-0.1, -0.05) is 34.1 Å². The molecule has 2 aromatic carbocycles. The van der Waals surface area contributed by atoms with Crippen LogP contribution >= 0.6 is 15.9 Å². The Hall–Kier alpha value is -2.41. The number of ether oxygens (including phenoxy) is 1. The first-order valence-electron chi connectivity index (χ1n) is 9.82. The summed E-state index contributed by atoms with van der Waals surface area (Å²) in [6, 6.07) is 12.8. The summed E-state index contributed by atoms with van der Waals surface area (Å²) < 4.78 is 22.0. The number of fused-ring (bicyclic) bond motifs is 4. The number of rotatable bonds is 1. The van der Waals surface area contributed by atoms with E-state index in [1.807, 2.05) is 28.1 Å². The summed E-state index contributed by atoms with van der Waals surface area (Å²) >= 11 is 3.55. The third-order valence-electron chi connectivity index (χ3n) is 6.13. The van der Waals surface area contributed by atoms with Gasteiger partial charge < -0.3 is 9.64 Å². The van der Waals surface area contributed by atoms with Crippen molar-refractivity contribution < 1.29 is 13.9 Å². The fourth-order valence-electron chi connectivity index (χ4n) is 4.61. The summed E-state index contributed by atoms with van der Waals surface area (Å²) in [5.74, 6) is 0.658. The van der Waals surface area contributed by atoms with Crippen LogP contribution in [0.5, 0.6) is 5.75 Å². The summed E-state index contributed by atoms with van der Waals surface area (Å²) in [5.41, 5.74) is 1.70. The summed E-state index contributed by atoms with van der Waals surface area (Å²) in [7, 11) is 0. The molecule has 1 spiro atoms. The molecule has 0 aromatic heterocycles. The van der Waals surface area contributed by atoms with Crippen LogP contribution in [0.1, 0.15) is 43.4 Å². The van der Waals surface area contributed by atoms with Crippen LogP contribution in [0, 0.1) is 5.82 Å². The minimum absolute atomic E-state index is 0.0188. The fourth-order valence-corrected chi connectivity index (χ4v) is 4.99. The van der Waals surface area contributed by atoms with E-state index in [0.29, 0.717) is 37.9 Å². The Morgan fingerprint density at radius 3 is 2.72 bits per heavy atom. The van der Waals surface area contributed by atoms with Gasteiger partial charge in [0.15, 0.2) is 0 Å². The molecule has 5 rings (SSSR count). The molecule has 3 aliphatic rings. The van der Waals surface area contributed by atoms with Gasteiger partial charge in [0.05, 0.1) is 11.8 Å². The van der Waals surface area contributed by atoms with Gasteiger partial charge in [0.2, 0.25) is 11.6 Å². The molecule has 0 N–H and O–H groups in total. The molecule has 29 heavy (non-hydrogen) atoms. The lowest BCUT2D eigenvalue weighted by atomic mass is 9.90. The molecule has 5 nitrogen and oxygen atoms in total. The van der Waals surface area contributed by atoms with Crippen LogP contribution in [-0.4, -0.2) is 40.3 Å². The average molecular weight is 458 g/mol. The molecule has 0 bridgehead atoms. The van der Waals surface area contributed by atoms with Crippen molar-refractivity contribution in [2.45, 2.75) is 38.0 Å². The summed E-state index contributed by atoms with van der Waals surface area (Å²) in [6.45, 7) is 2.84. The number of nitrogens with zero attached hydrogens (tertiary/aromatic N) is 3. The van der Waals surface area contributed by atoms with Gasteiger partial charge in [0, 0.05) is 54.9 Å². The number of hydrogen-bond acceptors (Lipinski definition) is 4. The molecule has 0 saturated carbocycles. The van der Waals surface area contributed by atoms with Crippen molar-refractivity contribution >= 4 is 27.5 Å². The molecule has 1 saturated heterocycles. The van der Waals surface area contributed by atoms with Crippen LogP contribution in [0.3, 0.4) is 0 Å². The SMILES string of the molecule is CC(=O)N1CCC2(CC1)Oc1ccc(Br)cc1C1CC(c3ccccc3F)=NN12. The molecule has 7 heteroatoms. The summed E-state index contributed by atoms with van der Waals surface area (Å²) in [4.78, 5) is 13.7. The van der Waals surface area contributed by atoms with Crippen molar-refractivity contribution in [2.24, 2.45) is 5.10 Å². The standard InChI is InChI=1S/C22H21BrFN3O2/c1-14(28)26-10-8-22(9-11-26)27-20(17-12-15(23)6-7-21(17)29-22)13-19(25-27)16-4-2-3-5-18(16)24/h2-7,12,20H,8-11,13H2,1H3. The quantitative estimate of drug-likeness (QED) is 0.634. The molecule has 1 fully saturated rings. The molecule has 0 aliphatic carbocycles. The molecule has 0 radical (unpaired) electrons. The maximum absolute atomic E-state index is 14.5. The summed E-state index contributed by atoms with van der Waals surface area (Å²) in [5, 5.41) is 6.91. The van der Waals surface area contributed by atoms with E-state index in [4.69, 9.17) is 9.84 Å².